The fraction of sp³-hybridized carbons (Fsp3) is 0.455. The largest absolute Gasteiger partial charge is 0.383 e. The second-order valence-corrected chi connectivity index (χ2v) is 3.46. The molecule has 1 rings (SSSR count). The zero-order chi connectivity index (χ0) is 10.6. The Morgan fingerprint density at radius 3 is 2.79 bits per heavy atom. The van der Waals surface area contributed by atoms with Crippen molar-refractivity contribution in [3.8, 4) is 0 Å². The first-order chi connectivity index (χ1) is 6.66. The van der Waals surface area contributed by atoms with Crippen molar-refractivity contribution in [2.45, 2.75) is 20.8 Å². The smallest absolute Gasteiger partial charge is 0.298 e. The molecular weight excluding hydrogens is 179 g/mol. The summed E-state index contributed by atoms with van der Waals surface area (Å²) in [5, 5.41) is 3.03. The highest BCUT2D eigenvalue weighted by atomic mass is 19.1. The molecule has 1 heterocycles. The van der Waals surface area contributed by atoms with Gasteiger partial charge >= 0.3 is 0 Å². The first kappa shape index (κ1) is 10.7. The Kier molecular flexibility index (Phi) is 3.66. The summed E-state index contributed by atoms with van der Waals surface area (Å²) >= 11 is 0. The minimum Gasteiger partial charge on any atom is -0.383 e. The van der Waals surface area contributed by atoms with Crippen LogP contribution in [0.4, 0.5) is 4.39 Å². The lowest BCUT2D eigenvalue weighted by atomic mass is 10.0. The van der Waals surface area contributed by atoms with E-state index in [0.29, 0.717) is 12.2 Å². The Balaban J connectivity index is 3.14. The van der Waals surface area contributed by atoms with Crippen LogP contribution in [0.5, 0.6) is 0 Å². The number of likely N-dealkylation sites (N-methyl/N-ethyl adjacent to an activating group) is 1. The zero-order valence-corrected chi connectivity index (χ0v) is 8.84. The van der Waals surface area contributed by atoms with Crippen LogP contribution in [0.1, 0.15) is 20.8 Å². The van der Waals surface area contributed by atoms with Crippen LogP contribution in [0.2, 0.25) is 0 Å². The van der Waals surface area contributed by atoms with Crippen LogP contribution in [0.15, 0.2) is 23.2 Å². The lowest BCUT2D eigenvalue weighted by molar-refractivity contribution is 0.615. The highest BCUT2D eigenvalue weighted by molar-refractivity contribution is 5.87. The third kappa shape index (κ3) is 2.33. The van der Waals surface area contributed by atoms with Gasteiger partial charge in [0.05, 0.1) is 17.3 Å². The van der Waals surface area contributed by atoms with E-state index in [1.807, 2.05) is 20.8 Å². The maximum atomic E-state index is 13.5. The summed E-state index contributed by atoms with van der Waals surface area (Å²) in [6.07, 6.45) is 4.57. The minimum absolute atomic E-state index is 0.243. The van der Waals surface area contributed by atoms with Crippen molar-refractivity contribution < 1.29 is 4.39 Å². The normalized spacial score (nSPS) is 15.9. The molecule has 0 saturated heterocycles. The summed E-state index contributed by atoms with van der Waals surface area (Å²) in [5.41, 5.74) is 1.48. The Labute approximate surface area is 84.0 Å². The topological polar surface area (TPSA) is 26.1 Å². The van der Waals surface area contributed by atoms with E-state index in [-0.39, 0.29) is 11.7 Å². The molecule has 0 spiro atoms. The summed E-state index contributed by atoms with van der Waals surface area (Å²) < 4.78 is 17.5. The van der Waals surface area contributed by atoms with Crippen molar-refractivity contribution in [2.24, 2.45) is 5.92 Å². The molecule has 0 aliphatic carbocycles. The third-order valence-electron chi connectivity index (χ3n) is 2.02. The average molecular weight is 195 g/mol. The molecular formula is C11H16FN2+. The standard InChI is InChI=1S/C11H15FN2/c1-4-14-11-9(8(2)3)7-13-6-5-10(11)12/h5-8H,4H2,1-3H3/p+1. The van der Waals surface area contributed by atoms with E-state index >= 15 is 0 Å². The molecule has 1 N–H and O–H groups in total. The Morgan fingerprint density at radius 2 is 2.21 bits per heavy atom. The van der Waals surface area contributed by atoms with Gasteiger partial charge in [-0.15, -0.1) is 4.67 Å². The molecule has 1 aliphatic heterocycles. The Bertz CT molecular complexity index is 331. The summed E-state index contributed by atoms with van der Waals surface area (Å²) in [5.74, 6) is 0.0199. The number of nitrogens with one attached hydrogen (secondary N) is 1. The molecule has 0 bridgehead atoms. The van der Waals surface area contributed by atoms with Crippen molar-refractivity contribution in [3.05, 3.63) is 23.2 Å². The van der Waals surface area contributed by atoms with Gasteiger partial charge in [0.2, 0.25) is 0 Å². The molecule has 14 heavy (non-hydrogen) atoms. The SMILES string of the molecule is CCNC1=C(C(C)C)C=[N+]=CC=C1F. The summed E-state index contributed by atoms with van der Waals surface area (Å²) in [6, 6.07) is 0. The highest BCUT2D eigenvalue weighted by Gasteiger charge is 2.17. The Morgan fingerprint density at radius 1 is 1.50 bits per heavy atom. The lowest BCUT2D eigenvalue weighted by Crippen LogP contribution is -2.17. The zero-order valence-electron chi connectivity index (χ0n) is 8.84. The quantitative estimate of drug-likeness (QED) is 0.680. The van der Waals surface area contributed by atoms with E-state index in [2.05, 4.69) is 9.98 Å². The van der Waals surface area contributed by atoms with Gasteiger partial charge in [0, 0.05) is 6.54 Å². The average Bonchev–Trinajstić information content (AvgIpc) is 2.30. The molecule has 2 nitrogen and oxygen atoms in total. The first-order valence-electron chi connectivity index (χ1n) is 4.87. The molecule has 0 aromatic heterocycles. The lowest BCUT2D eigenvalue weighted by Gasteiger charge is -2.11. The number of hydrogen-bond acceptors (Lipinski definition) is 1. The molecule has 0 aromatic rings. The van der Waals surface area contributed by atoms with Gasteiger partial charge in [0.1, 0.15) is 0 Å². The van der Waals surface area contributed by atoms with E-state index in [1.54, 1.807) is 6.21 Å². The van der Waals surface area contributed by atoms with Crippen LogP contribution in [0.3, 0.4) is 0 Å². The maximum Gasteiger partial charge on any atom is 0.298 e. The second kappa shape index (κ2) is 4.77. The van der Waals surface area contributed by atoms with Gasteiger partial charge < -0.3 is 5.32 Å². The van der Waals surface area contributed by atoms with Gasteiger partial charge in [-0.3, -0.25) is 0 Å². The second-order valence-electron chi connectivity index (χ2n) is 3.46. The van der Waals surface area contributed by atoms with Gasteiger partial charge in [0.15, 0.2) is 5.83 Å². The highest BCUT2D eigenvalue weighted by Crippen LogP contribution is 2.18. The summed E-state index contributed by atoms with van der Waals surface area (Å²) in [4.78, 5) is 0. The molecule has 0 radical (unpaired) electrons. The number of halogens is 1. The van der Waals surface area contributed by atoms with Crippen LogP contribution in [-0.2, 0) is 0 Å². The molecule has 76 valence electrons. The number of allylic oxidation sites excluding steroid dienone is 3. The molecule has 0 unspecified atom stereocenters. The van der Waals surface area contributed by atoms with Crippen LogP contribution in [0, 0.1) is 5.92 Å². The Hall–Kier alpha value is -1.34. The predicted molar refractivity (Wildman–Crippen MR) is 59.0 cm³/mol. The molecule has 0 aromatic carbocycles. The van der Waals surface area contributed by atoms with Gasteiger partial charge in [-0.25, -0.2) is 4.39 Å². The van der Waals surface area contributed by atoms with Crippen LogP contribution in [0.25, 0.3) is 0 Å². The van der Waals surface area contributed by atoms with Crippen molar-refractivity contribution >= 4 is 12.4 Å². The van der Waals surface area contributed by atoms with E-state index in [1.165, 1.54) is 12.3 Å². The first-order valence-corrected chi connectivity index (χ1v) is 4.87. The van der Waals surface area contributed by atoms with E-state index in [9.17, 15) is 4.39 Å². The molecule has 0 atom stereocenters. The predicted octanol–water partition coefficient (Wildman–Crippen LogP) is 1.58. The van der Waals surface area contributed by atoms with Crippen molar-refractivity contribution in [2.75, 3.05) is 6.54 Å². The molecule has 3 heteroatoms. The van der Waals surface area contributed by atoms with Gasteiger partial charge in [-0.1, -0.05) is 13.8 Å². The molecule has 1 aliphatic rings. The number of nitrogens with zero attached hydrogens (tertiary/aromatic N) is 1. The number of hydrogen-bond donors (Lipinski definition) is 1. The van der Waals surface area contributed by atoms with Crippen LogP contribution < -0.4 is 9.98 Å². The number of rotatable bonds is 3. The van der Waals surface area contributed by atoms with Gasteiger partial charge in [0.25, 0.3) is 12.4 Å². The van der Waals surface area contributed by atoms with Crippen molar-refractivity contribution in [3.63, 3.8) is 0 Å². The minimum atomic E-state index is -0.243. The van der Waals surface area contributed by atoms with E-state index in [0.717, 1.165) is 5.57 Å². The molecule has 0 amide bonds. The maximum absolute atomic E-state index is 13.5. The monoisotopic (exact) mass is 195 g/mol. The van der Waals surface area contributed by atoms with Gasteiger partial charge in [-0.05, 0) is 12.8 Å². The van der Waals surface area contributed by atoms with Gasteiger partial charge in [-0.2, -0.15) is 0 Å². The summed E-state index contributed by atoms with van der Waals surface area (Å²) in [6.45, 7) is 6.71. The van der Waals surface area contributed by atoms with E-state index in [4.69, 9.17) is 0 Å². The molecule has 0 saturated carbocycles. The van der Waals surface area contributed by atoms with Crippen LogP contribution in [-0.4, -0.2) is 19.0 Å². The van der Waals surface area contributed by atoms with Crippen molar-refractivity contribution in [1.29, 1.82) is 0 Å². The van der Waals surface area contributed by atoms with Crippen molar-refractivity contribution in [1.82, 2.24) is 9.98 Å². The fourth-order valence-electron chi connectivity index (χ4n) is 1.32. The third-order valence-corrected chi connectivity index (χ3v) is 2.02. The van der Waals surface area contributed by atoms with E-state index < -0.39 is 0 Å². The van der Waals surface area contributed by atoms with Crippen LogP contribution >= 0.6 is 0 Å². The summed E-state index contributed by atoms with van der Waals surface area (Å²) in [7, 11) is 0. The molecule has 0 fully saturated rings. The fourth-order valence-corrected chi connectivity index (χ4v) is 1.32.